The minimum absolute atomic E-state index is 0.0249. The Balaban J connectivity index is 2.87. The van der Waals surface area contributed by atoms with Crippen LogP contribution < -0.4 is 4.90 Å². The zero-order valence-corrected chi connectivity index (χ0v) is 10.7. The van der Waals surface area contributed by atoms with Crippen molar-refractivity contribution in [2.24, 2.45) is 0 Å². The molecule has 1 aromatic rings. The van der Waals surface area contributed by atoms with E-state index in [1.807, 2.05) is 19.1 Å². The Bertz CT molecular complexity index is 342. The molecule has 0 atom stereocenters. The minimum atomic E-state index is 0.0249. The standard InChI is InChI=1S/C13H22N2O2/c1-3-4-5-15(6-7-16)13-9-12(10-17)8-11(2)14-13/h8-9,16-17H,3-7,10H2,1-2H3. The molecule has 1 heterocycles. The summed E-state index contributed by atoms with van der Waals surface area (Å²) in [5, 5.41) is 18.3. The van der Waals surface area contributed by atoms with E-state index in [9.17, 15) is 5.11 Å². The molecular weight excluding hydrogens is 216 g/mol. The van der Waals surface area contributed by atoms with Gasteiger partial charge in [0.1, 0.15) is 5.82 Å². The molecule has 0 bridgehead atoms. The van der Waals surface area contributed by atoms with Gasteiger partial charge in [0.25, 0.3) is 0 Å². The fourth-order valence-electron chi connectivity index (χ4n) is 1.78. The fourth-order valence-corrected chi connectivity index (χ4v) is 1.78. The molecular formula is C13H22N2O2. The van der Waals surface area contributed by atoms with Crippen molar-refractivity contribution in [1.29, 1.82) is 0 Å². The molecule has 0 radical (unpaired) electrons. The summed E-state index contributed by atoms with van der Waals surface area (Å²) in [6.07, 6.45) is 2.19. The van der Waals surface area contributed by atoms with Crippen molar-refractivity contribution in [3.05, 3.63) is 23.4 Å². The van der Waals surface area contributed by atoms with Gasteiger partial charge in [-0.3, -0.25) is 0 Å². The molecule has 0 aliphatic carbocycles. The van der Waals surface area contributed by atoms with E-state index in [1.54, 1.807) is 0 Å². The average Bonchev–Trinajstić information content (AvgIpc) is 2.33. The number of aryl methyl sites for hydroxylation is 1. The molecule has 0 aliphatic heterocycles. The summed E-state index contributed by atoms with van der Waals surface area (Å²) in [7, 11) is 0. The molecule has 0 fully saturated rings. The van der Waals surface area contributed by atoms with Crippen LogP contribution in [0.15, 0.2) is 12.1 Å². The number of pyridine rings is 1. The second-order valence-electron chi connectivity index (χ2n) is 4.20. The Morgan fingerprint density at radius 3 is 2.59 bits per heavy atom. The lowest BCUT2D eigenvalue weighted by atomic mass is 10.2. The number of aliphatic hydroxyl groups is 2. The quantitative estimate of drug-likeness (QED) is 0.755. The minimum Gasteiger partial charge on any atom is -0.395 e. The van der Waals surface area contributed by atoms with E-state index < -0.39 is 0 Å². The van der Waals surface area contributed by atoms with Crippen LogP contribution in [0.1, 0.15) is 31.0 Å². The Morgan fingerprint density at radius 2 is 2.00 bits per heavy atom. The van der Waals surface area contributed by atoms with Gasteiger partial charge in [0.2, 0.25) is 0 Å². The molecule has 4 nitrogen and oxygen atoms in total. The molecule has 17 heavy (non-hydrogen) atoms. The summed E-state index contributed by atoms with van der Waals surface area (Å²) >= 11 is 0. The number of aromatic nitrogens is 1. The maximum Gasteiger partial charge on any atom is 0.129 e. The van der Waals surface area contributed by atoms with Gasteiger partial charge in [0.15, 0.2) is 0 Å². The normalized spacial score (nSPS) is 10.6. The Labute approximate surface area is 103 Å². The second-order valence-corrected chi connectivity index (χ2v) is 4.20. The summed E-state index contributed by atoms with van der Waals surface area (Å²) < 4.78 is 0. The van der Waals surface area contributed by atoms with Gasteiger partial charge in [-0.05, 0) is 31.0 Å². The highest BCUT2D eigenvalue weighted by Crippen LogP contribution is 2.15. The van der Waals surface area contributed by atoms with Gasteiger partial charge in [0.05, 0.1) is 13.2 Å². The first kappa shape index (κ1) is 13.9. The van der Waals surface area contributed by atoms with Gasteiger partial charge in [0, 0.05) is 18.8 Å². The predicted octanol–water partition coefficient (Wildman–Crippen LogP) is 1.48. The van der Waals surface area contributed by atoms with E-state index in [1.165, 1.54) is 0 Å². The molecule has 0 unspecified atom stereocenters. The largest absolute Gasteiger partial charge is 0.395 e. The summed E-state index contributed by atoms with van der Waals surface area (Å²) in [5.41, 5.74) is 1.76. The topological polar surface area (TPSA) is 56.6 Å². The first-order chi connectivity index (χ1) is 8.21. The smallest absolute Gasteiger partial charge is 0.129 e. The van der Waals surface area contributed by atoms with Crippen LogP contribution in [0.25, 0.3) is 0 Å². The van der Waals surface area contributed by atoms with Crippen molar-refractivity contribution in [3.8, 4) is 0 Å². The van der Waals surface area contributed by atoms with Gasteiger partial charge in [-0.15, -0.1) is 0 Å². The van der Waals surface area contributed by atoms with Gasteiger partial charge in [-0.1, -0.05) is 13.3 Å². The third-order valence-corrected chi connectivity index (χ3v) is 2.66. The predicted molar refractivity (Wildman–Crippen MR) is 69.1 cm³/mol. The van der Waals surface area contributed by atoms with Crippen molar-refractivity contribution in [2.45, 2.75) is 33.3 Å². The van der Waals surface area contributed by atoms with Gasteiger partial charge < -0.3 is 15.1 Å². The molecule has 96 valence electrons. The van der Waals surface area contributed by atoms with Crippen molar-refractivity contribution >= 4 is 5.82 Å². The van der Waals surface area contributed by atoms with Crippen LogP contribution in [0, 0.1) is 6.92 Å². The van der Waals surface area contributed by atoms with Crippen LogP contribution in [0.2, 0.25) is 0 Å². The second kappa shape index (κ2) is 7.25. The molecule has 0 saturated heterocycles. The van der Waals surface area contributed by atoms with Crippen molar-refractivity contribution in [2.75, 3.05) is 24.6 Å². The molecule has 0 aliphatic rings. The third kappa shape index (κ3) is 4.32. The summed E-state index contributed by atoms with van der Waals surface area (Å²) in [4.78, 5) is 6.52. The highest BCUT2D eigenvalue weighted by Gasteiger charge is 2.08. The molecule has 1 aromatic heterocycles. The van der Waals surface area contributed by atoms with Crippen LogP contribution in [0.4, 0.5) is 5.82 Å². The van der Waals surface area contributed by atoms with Gasteiger partial charge in [-0.25, -0.2) is 4.98 Å². The summed E-state index contributed by atoms with van der Waals surface area (Å²) in [6, 6.07) is 3.76. The van der Waals surface area contributed by atoms with Gasteiger partial charge >= 0.3 is 0 Å². The average molecular weight is 238 g/mol. The Kier molecular flexibility index (Phi) is 5.94. The van der Waals surface area contributed by atoms with Crippen molar-refractivity contribution < 1.29 is 10.2 Å². The highest BCUT2D eigenvalue weighted by atomic mass is 16.3. The number of aliphatic hydroxyl groups excluding tert-OH is 2. The number of hydrogen-bond acceptors (Lipinski definition) is 4. The van der Waals surface area contributed by atoms with Crippen LogP contribution in [0.5, 0.6) is 0 Å². The van der Waals surface area contributed by atoms with Gasteiger partial charge in [-0.2, -0.15) is 0 Å². The van der Waals surface area contributed by atoms with Crippen LogP contribution >= 0.6 is 0 Å². The molecule has 0 spiro atoms. The SMILES string of the molecule is CCCCN(CCO)c1cc(CO)cc(C)n1. The first-order valence-corrected chi connectivity index (χ1v) is 6.15. The van der Waals surface area contributed by atoms with E-state index >= 15 is 0 Å². The number of hydrogen-bond donors (Lipinski definition) is 2. The third-order valence-electron chi connectivity index (χ3n) is 2.66. The zero-order chi connectivity index (χ0) is 12.7. The number of unbranched alkanes of at least 4 members (excludes halogenated alkanes) is 1. The van der Waals surface area contributed by atoms with E-state index in [2.05, 4.69) is 16.8 Å². The molecule has 4 heteroatoms. The van der Waals surface area contributed by atoms with Crippen molar-refractivity contribution in [3.63, 3.8) is 0 Å². The van der Waals surface area contributed by atoms with E-state index in [0.717, 1.165) is 36.5 Å². The monoisotopic (exact) mass is 238 g/mol. The zero-order valence-electron chi connectivity index (χ0n) is 10.7. The number of anilines is 1. The van der Waals surface area contributed by atoms with E-state index in [-0.39, 0.29) is 13.2 Å². The molecule has 2 N–H and O–H groups in total. The van der Waals surface area contributed by atoms with E-state index in [0.29, 0.717) is 6.54 Å². The number of nitrogens with zero attached hydrogens (tertiary/aromatic N) is 2. The van der Waals surface area contributed by atoms with Crippen LogP contribution in [0.3, 0.4) is 0 Å². The lowest BCUT2D eigenvalue weighted by Gasteiger charge is -2.23. The van der Waals surface area contributed by atoms with Crippen LogP contribution in [-0.4, -0.2) is 34.9 Å². The summed E-state index contributed by atoms with van der Waals surface area (Å²) in [5.74, 6) is 0.844. The first-order valence-electron chi connectivity index (χ1n) is 6.15. The maximum absolute atomic E-state index is 9.18. The fraction of sp³-hybridized carbons (Fsp3) is 0.615. The summed E-state index contributed by atoms with van der Waals surface area (Å²) in [6.45, 7) is 5.67. The Hall–Kier alpha value is -1.13. The lowest BCUT2D eigenvalue weighted by Crippen LogP contribution is -2.28. The molecule has 1 rings (SSSR count). The molecule has 0 aromatic carbocycles. The lowest BCUT2D eigenvalue weighted by molar-refractivity contribution is 0.281. The highest BCUT2D eigenvalue weighted by molar-refractivity contribution is 5.42. The molecule has 0 saturated carbocycles. The Morgan fingerprint density at radius 1 is 1.24 bits per heavy atom. The van der Waals surface area contributed by atoms with Crippen molar-refractivity contribution in [1.82, 2.24) is 4.98 Å². The maximum atomic E-state index is 9.18. The molecule has 0 amide bonds. The van der Waals surface area contributed by atoms with E-state index in [4.69, 9.17) is 5.11 Å². The number of rotatable bonds is 7. The van der Waals surface area contributed by atoms with Crippen LogP contribution in [-0.2, 0) is 6.61 Å².